The average molecular weight is 294 g/mol. The predicted molar refractivity (Wildman–Crippen MR) is 86.2 cm³/mol. The molecule has 22 heavy (non-hydrogen) atoms. The van der Waals surface area contributed by atoms with Crippen LogP contribution >= 0.6 is 0 Å². The van der Waals surface area contributed by atoms with Crippen molar-refractivity contribution in [1.29, 1.82) is 0 Å². The molecule has 0 aliphatic carbocycles. The summed E-state index contributed by atoms with van der Waals surface area (Å²) < 4.78 is 0. The maximum Gasteiger partial charge on any atom is 0.306 e. The van der Waals surface area contributed by atoms with Gasteiger partial charge in [0.1, 0.15) is 5.94 Å². The first-order valence-corrected chi connectivity index (χ1v) is 7.20. The van der Waals surface area contributed by atoms with Gasteiger partial charge in [0.05, 0.1) is 5.92 Å². The first-order valence-electron chi connectivity index (χ1n) is 7.20. The summed E-state index contributed by atoms with van der Waals surface area (Å²) in [5.41, 5.74) is 3.72. The number of hydrogen-bond donors (Lipinski definition) is 1. The van der Waals surface area contributed by atoms with E-state index in [1.807, 2.05) is 60.5 Å². The van der Waals surface area contributed by atoms with Crippen molar-refractivity contribution < 1.29 is 14.7 Å². The van der Waals surface area contributed by atoms with Crippen molar-refractivity contribution in [2.45, 2.75) is 19.8 Å². The summed E-state index contributed by atoms with van der Waals surface area (Å²) in [5.74, 6) is 0.420. The molecule has 112 valence electrons. The number of carbonyl (C=O) groups is 1. The fourth-order valence-corrected chi connectivity index (χ4v) is 2.30. The van der Waals surface area contributed by atoms with Gasteiger partial charge in [-0.05, 0) is 23.1 Å². The Morgan fingerprint density at radius 3 is 2.18 bits per heavy atom. The number of carboxylic acid groups (broad SMARTS) is 1. The van der Waals surface area contributed by atoms with Crippen LogP contribution in [-0.4, -0.2) is 17.0 Å². The lowest BCUT2D eigenvalue weighted by atomic mass is 9.95. The van der Waals surface area contributed by atoms with Crippen molar-refractivity contribution in [3.63, 3.8) is 0 Å². The first-order chi connectivity index (χ1) is 10.6. The molecule has 0 spiro atoms. The molecule has 0 aliphatic rings. The number of hydrogen-bond acceptors (Lipinski definition) is 2. The summed E-state index contributed by atoms with van der Waals surface area (Å²) in [7, 11) is 0. The van der Waals surface area contributed by atoms with Gasteiger partial charge in [0.2, 0.25) is 0 Å². The summed E-state index contributed by atoms with van der Waals surface area (Å²) in [6.07, 6.45) is 0.676. The van der Waals surface area contributed by atoms with E-state index < -0.39 is 11.9 Å². The number of rotatable bonds is 6. The topological polar surface area (TPSA) is 54.4 Å². The van der Waals surface area contributed by atoms with E-state index in [-0.39, 0.29) is 6.42 Å². The van der Waals surface area contributed by atoms with Crippen LogP contribution < -0.4 is 0 Å². The molecule has 2 aromatic carbocycles. The van der Waals surface area contributed by atoms with E-state index in [1.54, 1.807) is 6.92 Å². The monoisotopic (exact) mass is 294 g/mol. The molecule has 0 heterocycles. The molecule has 0 fully saturated rings. The molecular formula is C19H18O3. The Labute approximate surface area is 129 Å². The number of benzene rings is 2. The minimum atomic E-state index is -0.896. The van der Waals surface area contributed by atoms with E-state index in [9.17, 15) is 9.59 Å². The second kappa shape index (κ2) is 7.39. The van der Waals surface area contributed by atoms with Gasteiger partial charge in [-0.3, -0.25) is 4.79 Å². The number of allylic oxidation sites excluding steroid dienone is 1. The van der Waals surface area contributed by atoms with Crippen molar-refractivity contribution in [2.75, 3.05) is 0 Å². The lowest BCUT2D eigenvalue weighted by molar-refractivity contribution is -0.141. The van der Waals surface area contributed by atoms with Crippen molar-refractivity contribution in [3.8, 4) is 11.1 Å². The average Bonchev–Trinajstić information content (AvgIpc) is 2.55. The third-order valence-electron chi connectivity index (χ3n) is 3.60. The fraction of sp³-hybridized carbons (Fsp3) is 0.211. The van der Waals surface area contributed by atoms with Gasteiger partial charge in [-0.2, -0.15) is 0 Å². The van der Waals surface area contributed by atoms with Gasteiger partial charge in [-0.15, -0.1) is 0 Å². The Bertz CT molecular complexity index is 680. The third kappa shape index (κ3) is 4.18. The van der Waals surface area contributed by atoms with Crippen molar-refractivity contribution in [3.05, 3.63) is 65.7 Å². The Kier molecular flexibility index (Phi) is 5.29. The van der Waals surface area contributed by atoms with Crippen molar-refractivity contribution in [1.82, 2.24) is 0 Å². The molecule has 1 unspecified atom stereocenters. The molecule has 1 atom stereocenters. The summed E-state index contributed by atoms with van der Waals surface area (Å²) in [6, 6.07) is 18.0. The minimum Gasteiger partial charge on any atom is -0.481 e. The van der Waals surface area contributed by atoms with Crippen LogP contribution in [0.15, 0.2) is 60.2 Å². The van der Waals surface area contributed by atoms with Gasteiger partial charge >= 0.3 is 5.97 Å². The Balaban J connectivity index is 2.07. The third-order valence-corrected chi connectivity index (χ3v) is 3.60. The van der Waals surface area contributed by atoms with E-state index in [0.29, 0.717) is 12.0 Å². The number of aliphatic carboxylic acids is 1. The Hall–Kier alpha value is -2.64. The van der Waals surface area contributed by atoms with E-state index >= 15 is 0 Å². The van der Waals surface area contributed by atoms with Gasteiger partial charge in [-0.1, -0.05) is 61.5 Å². The number of carboxylic acids is 1. The molecule has 0 saturated carbocycles. The van der Waals surface area contributed by atoms with Gasteiger partial charge in [0.25, 0.3) is 0 Å². The molecule has 0 amide bonds. The van der Waals surface area contributed by atoms with Crippen LogP contribution in [0.25, 0.3) is 11.1 Å². The lowest BCUT2D eigenvalue weighted by Crippen LogP contribution is -2.11. The smallest absolute Gasteiger partial charge is 0.306 e. The molecule has 3 nitrogen and oxygen atoms in total. The quantitative estimate of drug-likeness (QED) is 0.825. The van der Waals surface area contributed by atoms with Gasteiger partial charge in [0.15, 0.2) is 0 Å². The Morgan fingerprint density at radius 2 is 1.64 bits per heavy atom. The standard InChI is InChI=1S/C19H18O3/c1-14(19(21)22)11-16(13-20)12-15-7-9-18(10-8-15)17-5-3-2-4-6-17/h2-10,14H,11-12H2,1H3,(H,21,22). The van der Waals surface area contributed by atoms with Crippen LogP contribution in [0, 0.1) is 5.92 Å². The zero-order chi connectivity index (χ0) is 15.9. The molecule has 0 radical (unpaired) electrons. The molecule has 0 bridgehead atoms. The summed E-state index contributed by atoms with van der Waals surface area (Å²) in [6.45, 7) is 1.60. The van der Waals surface area contributed by atoms with Crippen LogP contribution in [0.1, 0.15) is 18.9 Å². The molecule has 1 N–H and O–H groups in total. The molecule has 2 aromatic rings. The summed E-state index contributed by atoms with van der Waals surface area (Å²) in [5, 5.41) is 8.91. The zero-order valence-electron chi connectivity index (χ0n) is 12.5. The Morgan fingerprint density at radius 1 is 1.05 bits per heavy atom. The lowest BCUT2D eigenvalue weighted by Gasteiger charge is -2.08. The molecule has 0 saturated heterocycles. The maximum atomic E-state index is 11.0. The zero-order valence-corrected chi connectivity index (χ0v) is 12.5. The number of carbonyl (C=O) groups excluding carboxylic acids is 1. The molecule has 0 aliphatic heterocycles. The van der Waals surface area contributed by atoms with Crippen molar-refractivity contribution in [2.24, 2.45) is 5.92 Å². The van der Waals surface area contributed by atoms with E-state index in [0.717, 1.165) is 16.7 Å². The maximum absolute atomic E-state index is 11.0. The van der Waals surface area contributed by atoms with Crippen LogP contribution in [0.3, 0.4) is 0 Å². The van der Waals surface area contributed by atoms with Gasteiger partial charge in [-0.25, -0.2) is 4.79 Å². The van der Waals surface area contributed by atoms with Crippen LogP contribution in [-0.2, 0) is 16.0 Å². The van der Waals surface area contributed by atoms with Crippen LogP contribution in [0.2, 0.25) is 0 Å². The van der Waals surface area contributed by atoms with E-state index in [2.05, 4.69) is 0 Å². The van der Waals surface area contributed by atoms with Crippen molar-refractivity contribution >= 4 is 11.9 Å². The van der Waals surface area contributed by atoms with Crippen LogP contribution in [0.4, 0.5) is 0 Å². The molecule has 3 heteroatoms. The second-order valence-corrected chi connectivity index (χ2v) is 5.39. The predicted octanol–water partition coefficient (Wildman–Crippen LogP) is 3.76. The highest BCUT2D eigenvalue weighted by molar-refractivity contribution is 5.71. The highest BCUT2D eigenvalue weighted by Gasteiger charge is 2.14. The van der Waals surface area contributed by atoms with Crippen LogP contribution in [0.5, 0.6) is 0 Å². The SMILES string of the molecule is CC(CC(=C=O)Cc1ccc(-c2ccccc2)cc1)C(=O)O. The highest BCUT2D eigenvalue weighted by atomic mass is 16.4. The highest BCUT2D eigenvalue weighted by Crippen LogP contribution is 2.21. The summed E-state index contributed by atoms with van der Waals surface area (Å²) >= 11 is 0. The normalized spacial score (nSPS) is 11.5. The largest absolute Gasteiger partial charge is 0.481 e. The minimum absolute atomic E-state index is 0.235. The first kappa shape index (κ1) is 15.7. The van der Waals surface area contributed by atoms with Gasteiger partial charge < -0.3 is 5.11 Å². The van der Waals surface area contributed by atoms with E-state index in [1.165, 1.54) is 0 Å². The summed E-state index contributed by atoms with van der Waals surface area (Å²) in [4.78, 5) is 21.9. The fourth-order valence-electron chi connectivity index (χ4n) is 2.30. The molecular weight excluding hydrogens is 276 g/mol. The van der Waals surface area contributed by atoms with Gasteiger partial charge in [0, 0.05) is 12.0 Å². The second-order valence-electron chi connectivity index (χ2n) is 5.39. The molecule has 0 aromatic heterocycles. The van der Waals surface area contributed by atoms with E-state index in [4.69, 9.17) is 5.11 Å². The molecule has 2 rings (SSSR count).